The van der Waals surface area contributed by atoms with Crippen molar-refractivity contribution >= 4 is 47.3 Å². The summed E-state index contributed by atoms with van der Waals surface area (Å²) in [5.41, 5.74) is 0.982. The van der Waals surface area contributed by atoms with Gasteiger partial charge in [-0.3, -0.25) is 14.1 Å². The molecule has 4 rings (SSSR count). The van der Waals surface area contributed by atoms with E-state index < -0.39 is 20.0 Å². The number of hydrogen-bond acceptors (Lipinski definition) is 6. The van der Waals surface area contributed by atoms with Crippen molar-refractivity contribution in [1.29, 1.82) is 0 Å². The molecule has 0 atom stereocenters. The molecule has 0 saturated carbocycles. The standard InChI is InChI=1S/C22H27N3O5S3/c1-2-13-25-20-12-11-19(16-21(20)31-22(25)26)32(27,28)23-17-7-9-18(10-8-17)33(29,30)24-14-5-3-4-6-15-24/h7-12,16,23H,2-6,13-15H2,1H3. The molecular formula is C22H27N3O5S3. The number of rotatable bonds is 7. The van der Waals surface area contributed by atoms with Crippen molar-refractivity contribution < 1.29 is 16.8 Å². The Morgan fingerprint density at radius 3 is 2.18 bits per heavy atom. The molecule has 2 heterocycles. The Balaban J connectivity index is 1.55. The normalized spacial score (nSPS) is 16.0. The van der Waals surface area contributed by atoms with Gasteiger partial charge in [-0.1, -0.05) is 31.1 Å². The lowest BCUT2D eigenvalue weighted by Gasteiger charge is -2.20. The summed E-state index contributed by atoms with van der Waals surface area (Å²) in [6.07, 6.45) is 4.55. The maximum absolute atomic E-state index is 12.9. The van der Waals surface area contributed by atoms with Crippen LogP contribution in [0.5, 0.6) is 0 Å². The molecular weight excluding hydrogens is 482 g/mol. The van der Waals surface area contributed by atoms with Crippen molar-refractivity contribution in [2.75, 3.05) is 17.8 Å². The molecule has 0 radical (unpaired) electrons. The third-order valence-electron chi connectivity index (χ3n) is 5.71. The monoisotopic (exact) mass is 509 g/mol. The minimum atomic E-state index is -3.91. The van der Waals surface area contributed by atoms with Crippen molar-refractivity contribution in [3.63, 3.8) is 0 Å². The number of aromatic nitrogens is 1. The molecule has 1 aliphatic heterocycles. The molecule has 178 valence electrons. The minimum Gasteiger partial charge on any atom is -0.299 e. The lowest BCUT2D eigenvalue weighted by atomic mass is 10.2. The number of sulfonamides is 2. The molecule has 8 nitrogen and oxygen atoms in total. The van der Waals surface area contributed by atoms with Gasteiger partial charge in [0.1, 0.15) is 0 Å². The van der Waals surface area contributed by atoms with Crippen LogP contribution >= 0.6 is 11.3 Å². The van der Waals surface area contributed by atoms with Gasteiger partial charge in [-0.15, -0.1) is 0 Å². The smallest absolute Gasteiger partial charge is 0.299 e. The van der Waals surface area contributed by atoms with Crippen molar-refractivity contribution in [2.24, 2.45) is 0 Å². The molecule has 0 bridgehead atoms. The number of nitrogens with zero attached hydrogens (tertiary/aromatic N) is 2. The zero-order chi connectivity index (χ0) is 23.6. The van der Waals surface area contributed by atoms with Gasteiger partial charge in [-0.2, -0.15) is 4.31 Å². The van der Waals surface area contributed by atoms with E-state index in [1.165, 1.54) is 40.7 Å². The van der Waals surface area contributed by atoms with Gasteiger partial charge in [0.2, 0.25) is 10.0 Å². The summed E-state index contributed by atoms with van der Waals surface area (Å²) < 4.78 is 57.9. The molecule has 1 N–H and O–H groups in total. The highest BCUT2D eigenvalue weighted by atomic mass is 32.2. The van der Waals surface area contributed by atoms with Crippen LogP contribution < -0.4 is 9.60 Å². The molecule has 0 amide bonds. The molecule has 1 aliphatic rings. The van der Waals surface area contributed by atoms with E-state index >= 15 is 0 Å². The Morgan fingerprint density at radius 1 is 0.909 bits per heavy atom. The van der Waals surface area contributed by atoms with Gasteiger partial charge in [-0.25, -0.2) is 16.8 Å². The van der Waals surface area contributed by atoms with Gasteiger partial charge in [0.25, 0.3) is 10.0 Å². The Labute approximate surface area is 198 Å². The Kier molecular flexibility index (Phi) is 6.94. The van der Waals surface area contributed by atoms with Crippen molar-refractivity contribution in [3.05, 3.63) is 52.1 Å². The molecule has 0 aliphatic carbocycles. The van der Waals surface area contributed by atoms with E-state index in [-0.39, 0.29) is 20.4 Å². The van der Waals surface area contributed by atoms with Crippen LogP contribution in [0, 0.1) is 0 Å². The average molecular weight is 510 g/mol. The zero-order valence-corrected chi connectivity index (χ0v) is 20.8. The molecule has 0 unspecified atom stereocenters. The largest absolute Gasteiger partial charge is 0.308 e. The van der Waals surface area contributed by atoms with Crippen molar-refractivity contribution in [1.82, 2.24) is 8.87 Å². The zero-order valence-electron chi connectivity index (χ0n) is 18.4. The second-order valence-electron chi connectivity index (χ2n) is 8.10. The lowest BCUT2D eigenvalue weighted by Crippen LogP contribution is -2.31. The molecule has 11 heteroatoms. The van der Waals surface area contributed by atoms with Gasteiger partial charge >= 0.3 is 4.87 Å². The number of aryl methyl sites for hydroxylation is 1. The number of anilines is 1. The van der Waals surface area contributed by atoms with Gasteiger partial charge in [-0.05, 0) is 61.7 Å². The first-order valence-corrected chi connectivity index (χ1v) is 14.7. The number of fused-ring (bicyclic) bond motifs is 1. The molecule has 1 fully saturated rings. The number of hydrogen-bond donors (Lipinski definition) is 1. The number of nitrogens with one attached hydrogen (secondary N) is 1. The summed E-state index contributed by atoms with van der Waals surface area (Å²) >= 11 is 1.02. The molecule has 1 aromatic heterocycles. The first-order chi connectivity index (χ1) is 15.7. The van der Waals surface area contributed by atoms with E-state index in [0.29, 0.717) is 29.9 Å². The molecule has 1 saturated heterocycles. The van der Waals surface area contributed by atoms with Gasteiger partial charge in [0.15, 0.2) is 0 Å². The fourth-order valence-corrected chi connectivity index (χ4v) is 7.62. The Bertz CT molecular complexity index is 1400. The molecule has 3 aromatic rings. The van der Waals surface area contributed by atoms with E-state index in [4.69, 9.17) is 0 Å². The summed E-state index contributed by atoms with van der Waals surface area (Å²) in [6, 6.07) is 10.4. The summed E-state index contributed by atoms with van der Waals surface area (Å²) in [5.74, 6) is 0. The van der Waals surface area contributed by atoms with Crippen molar-refractivity contribution in [3.8, 4) is 0 Å². The van der Waals surface area contributed by atoms with Gasteiger partial charge in [0.05, 0.1) is 20.0 Å². The van der Waals surface area contributed by atoms with E-state index in [1.807, 2.05) is 6.92 Å². The van der Waals surface area contributed by atoms with Crippen LogP contribution in [0.4, 0.5) is 5.69 Å². The third-order valence-corrected chi connectivity index (χ3v) is 9.94. The predicted octanol–water partition coefficient (Wildman–Crippen LogP) is 3.84. The van der Waals surface area contributed by atoms with E-state index in [2.05, 4.69) is 4.72 Å². The van der Waals surface area contributed by atoms with E-state index in [9.17, 15) is 21.6 Å². The molecule has 33 heavy (non-hydrogen) atoms. The quantitative estimate of drug-likeness (QED) is 0.521. The summed E-state index contributed by atoms with van der Waals surface area (Å²) in [7, 11) is -7.51. The summed E-state index contributed by atoms with van der Waals surface area (Å²) in [4.78, 5) is 12.3. The molecule has 2 aromatic carbocycles. The fraction of sp³-hybridized carbons (Fsp3) is 0.409. The second-order valence-corrected chi connectivity index (χ2v) is 12.7. The van der Waals surface area contributed by atoms with Gasteiger partial charge in [0, 0.05) is 25.3 Å². The first-order valence-electron chi connectivity index (χ1n) is 11.0. The van der Waals surface area contributed by atoms with Crippen LogP contribution in [0.1, 0.15) is 39.0 Å². The minimum absolute atomic E-state index is 0.0427. The van der Waals surface area contributed by atoms with E-state index in [1.54, 1.807) is 10.6 Å². The van der Waals surface area contributed by atoms with Crippen LogP contribution in [-0.2, 0) is 26.6 Å². The SMILES string of the molecule is CCCn1c(=O)sc2cc(S(=O)(=O)Nc3ccc(S(=O)(=O)N4CCCCCC4)cc3)ccc21. The Hall–Kier alpha value is -2.21. The van der Waals surface area contributed by atoms with Crippen LogP contribution in [-0.4, -0.2) is 38.8 Å². The highest BCUT2D eigenvalue weighted by Gasteiger charge is 2.25. The average Bonchev–Trinajstić information content (AvgIpc) is 2.95. The van der Waals surface area contributed by atoms with E-state index in [0.717, 1.165) is 43.4 Å². The maximum Gasteiger partial charge on any atom is 0.308 e. The lowest BCUT2D eigenvalue weighted by molar-refractivity contribution is 0.424. The fourth-order valence-electron chi connectivity index (χ4n) is 3.99. The van der Waals surface area contributed by atoms with Crippen LogP contribution in [0.15, 0.2) is 57.1 Å². The molecule has 0 spiro atoms. The summed E-state index contributed by atoms with van der Waals surface area (Å²) in [5, 5.41) is 0. The topological polar surface area (TPSA) is 106 Å². The number of benzene rings is 2. The van der Waals surface area contributed by atoms with Crippen LogP contribution in [0.2, 0.25) is 0 Å². The van der Waals surface area contributed by atoms with Crippen molar-refractivity contribution in [2.45, 2.75) is 55.4 Å². The first kappa shape index (κ1) is 23.9. The van der Waals surface area contributed by atoms with Crippen LogP contribution in [0.3, 0.4) is 0 Å². The van der Waals surface area contributed by atoms with Gasteiger partial charge < -0.3 is 0 Å². The Morgan fingerprint density at radius 2 is 1.55 bits per heavy atom. The predicted molar refractivity (Wildman–Crippen MR) is 131 cm³/mol. The highest BCUT2D eigenvalue weighted by molar-refractivity contribution is 7.92. The third kappa shape index (κ3) is 5.01. The van der Waals surface area contributed by atoms with Crippen LogP contribution in [0.25, 0.3) is 10.2 Å². The maximum atomic E-state index is 12.9. The summed E-state index contributed by atoms with van der Waals surface area (Å²) in [6.45, 7) is 3.56. The highest BCUT2D eigenvalue weighted by Crippen LogP contribution is 2.25. The number of thiazole rings is 1. The second kappa shape index (κ2) is 9.57.